The van der Waals surface area contributed by atoms with Crippen molar-refractivity contribution in [2.24, 2.45) is 0 Å². The Labute approximate surface area is 116 Å². The standard InChI is InChI=1S/C13H16N4OS/c1-4-10-8(2)19-13(16-10)17-12(18)9-7-15-6-5-11(9)14-3/h5-7H,4H2,1-3H3,(H,14,15)(H,16,17,18). The van der Waals surface area contributed by atoms with Gasteiger partial charge in [-0.2, -0.15) is 0 Å². The van der Waals surface area contributed by atoms with E-state index in [9.17, 15) is 4.79 Å². The second-order valence-corrected chi connectivity index (χ2v) is 5.20. The third-order valence-corrected chi connectivity index (χ3v) is 3.71. The molecule has 2 heterocycles. The average Bonchev–Trinajstić information content (AvgIpc) is 2.78. The van der Waals surface area contributed by atoms with E-state index in [1.807, 2.05) is 13.8 Å². The van der Waals surface area contributed by atoms with Gasteiger partial charge >= 0.3 is 0 Å². The van der Waals surface area contributed by atoms with Crippen molar-refractivity contribution in [3.63, 3.8) is 0 Å². The first-order chi connectivity index (χ1) is 9.15. The molecule has 2 aromatic rings. The molecule has 1 amide bonds. The molecule has 0 bridgehead atoms. The number of anilines is 2. The molecule has 100 valence electrons. The van der Waals surface area contributed by atoms with Crippen molar-refractivity contribution >= 4 is 28.1 Å². The minimum atomic E-state index is -0.200. The Bertz CT molecular complexity index is 594. The largest absolute Gasteiger partial charge is 0.387 e. The predicted molar refractivity (Wildman–Crippen MR) is 78.0 cm³/mol. The Kier molecular flexibility index (Phi) is 4.11. The van der Waals surface area contributed by atoms with Crippen LogP contribution in [0.5, 0.6) is 0 Å². The molecule has 0 aliphatic carbocycles. The lowest BCUT2D eigenvalue weighted by molar-refractivity contribution is 0.102. The van der Waals surface area contributed by atoms with Crippen molar-refractivity contribution in [3.8, 4) is 0 Å². The Hall–Kier alpha value is -1.95. The van der Waals surface area contributed by atoms with Gasteiger partial charge in [0.25, 0.3) is 5.91 Å². The third-order valence-electron chi connectivity index (χ3n) is 2.78. The summed E-state index contributed by atoms with van der Waals surface area (Å²) in [7, 11) is 1.77. The maximum atomic E-state index is 12.2. The highest BCUT2D eigenvalue weighted by molar-refractivity contribution is 7.15. The van der Waals surface area contributed by atoms with Gasteiger partial charge in [-0.1, -0.05) is 6.92 Å². The maximum absolute atomic E-state index is 12.2. The molecule has 5 nitrogen and oxygen atoms in total. The number of hydrogen-bond acceptors (Lipinski definition) is 5. The molecule has 19 heavy (non-hydrogen) atoms. The van der Waals surface area contributed by atoms with Crippen molar-refractivity contribution in [2.45, 2.75) is 20.3 Å². The van der Waals surface area contributed by atoms with Gasteiger partial charge in [0.05, 0.1) is 11.3 Å². The van der Waals surface area contributed by atoms with Crippen molar-refractivity contribution in [2.75, 3.05) is 17.7 Å². The first-order valence-electron chi connectivity index (χ1n) is 6.05. The van der Waals surface area contributed by atoms with Crippen LogP contribution in [0.2, 0.25) is 0 Å². The smallest absolute Gasteiger partial charge is 0.261 e. The van der Waals surface area contributed by atoms with E-state index >= 15 is 0 Å². The van der Waals surface area contributed by atoms with Crippen molar-refractivity contribution in [1.82, 2.24) is 9.97 Å². The summed E-state index contributed by atoms with van der Waals surface area (Å²) in [4.78, 5) is 21.7. The zero-order valence-electron chi connectivity index (χ0n) is 11.2. The molecule has 0 spiro atoms. The Morgan fingerprint density at radius 2 is 2.26 bits per heavy atom. The molecule has 0 radical (unpaired) electrons. The van der Waals surface area contributed by atoms with E-state index < -0.39 is 0 Å². The van der Waals surface area contributed by atoms with Gasteiger partial charge in [-0.05, 0) is 19.4 Å². The second kappa shape index (κ2) is 5.79. The fourth-order valence-corrected chi connectivity index (χ4v) is 2.66. The fourth-order valence-electron chi connectivity index (χ4n) is 1.77. The number of pyridine rings is 1. The molecule has 2 aromatic heterocycles. The molecule has 6 heteroatoms. The molecule has 0 aromatic carbocycles. The van der Waals surface area contributed by atoms with Crippen LogP contribution in [0.1, 0.15) is 27.9 Å². The van der Waals surface area contributed by atoms with Gasteiger partial charge in [-0.15, -0.1) is 11.3 Å². The topological polar surface area (TPSA) is 66.9 Å². The van der Waals surface area contributed by atoms with Gasteiger partial charge in [-0.3, -0.25) is 15.1 Å². The van der Waals surface area contributed by atoms with Crippen LogP contribution in [0.25, 0.3) is 0 Å². The number of amides is 1. The first-order valence-corrected chi connectivity index (χ1v) is 6.86. The molecule has 0 unspecified atom stereocenters. The zero-order chi connectivity index (χ0) is 13.8. The summed E-state index contributed by atoms with van der Waals surface area (Å²) in [5.74, 6) is -0.200. The van der Waals surface area contributed by atoms with E-state index in [-0.39, 0.29) is 5.91 Å². The molecule has 0 aliphatic heterocycles. The van der Waals surface area contributed by atoms with Crippen LogP contribution in [-0.4, -0.2) is 22.9 Å². The predicted octanol–water partition coefficient (Wildman–Crippen LogP) is 2.70. The van der Waals surface area contributed by atoms with E-state index in [0.717, 1.165) is 22.7 Å². The summed E-state index contributed by atoms with van der Waals surface area (Å²) < 4.78 is 0. The highest BCUT2D eigenvalue weighted by atomic mass is 32.1. The van der Waals surface area contributed by atoms with Crippen LogP contribution < -0.4 is 10.6 Å². The number of thiazole rings is 1. The molecule has 0 saturated heterocycles. The Morgan fingerprint density at radius 1 is 1.47 bits per heavy atom. The van der Waals surface area contributed by atoms with Crippen molar-refractivity contribution in [3.05, 3.63) is 34.6 Å². The molecule has 0 atom stereocenters. The molecular weight excluding hydrogens is 260 g/mol. The van der Waals surface area contributed by atoms with Crippen molar-refractivity contribution in [1.29, 1.82) is 0 Å². The van der Waals surface area contributed by atoms with Crippen LogP contribution in [0.15, 0.2) is 18.5 Å². The van der Waals surface area contributed by atoms with Gasteiger partial charge in [0.15, 0.2) is 5.13 Å². The quantitative estimate of drug-likeness (QED) is 0.901. The fraction of sp³-hybridized carbons (Fsp3) is 0.308. The van der Waals surface area contributed by atoms with E-state index in [1.165, 1.54) is 11.3 Å². The third kappa shape index (κ3) is 2.90. The Balaban J connectivity index is 2.20. The summed E-state index contributed by atoms with van der Waals surface area (Å²) in [5, 5.41) is 6.42. The summed E-state index contributed by atoms with van der Waals surface area (Å²) in [6, 6.07) is 1.76. The van der Waals surface area contributed by atoms with E-state index in [2.05, 4.69) is 20.6 Å². The normalized spacial score (nSPS) is 10.3. The number of rotatable bonds is 4. The second-order valence-electron chi connectivity index (χ2n) is 4.00. The number of nitrogens with zero attached hydrogens (tertiary/aromatic N) is 2. The lowest BCUT2D eigenvalue weighted by Gasteiger charge is -2.07. The summed E-state index contributed by atoms with van der Waals surface area (Å²) >= 11 is 1.49. The SMILES string of the molecule is CCc1nc(NC(=O)c2cnccc2NC)sc1C. The van der Waals surface area contributed by atoms with Gasteiger partial charge < -0.3 is 5.32 Å². The number of aryl methyl sites for hydroxylation is 2. The van der Waals surface area contributed by atoms with Gasteiger partial charge in [0.2, 0.25) is 0 Å². The van der Waals surface area contributed by atoms with Crippen LogP contribution in [-0.2, 0) is 6.42 Å². The zero-order valence-corrected chi connectivity index (χ0v) is 12.0. The van der Waals surface area contributed by atoms with Gasteiger partial charge in [0.1, 0.15) is 0 Å². The number of aromatic nitrogens is 2. The van der Waals surface area contributed by atoms with Gasteiger partial charge in [0, 0.05) is 30.0 Å². The molecule has 0 aliphatic rings. The highest BCUT2D eigenvalue weighted by Crippen LogP contribution is 2.23. The Morgan fingerprint density at radius 3 is 2.89 bits per heavy atom. The minimum absolute atomic E-state index is 0.200. The summed E-state index contributed by atoms with van der Waals surface area (Å²) in [6.07, 6.45) is 4.06. The van der Waals surface area contributed by atoms with E-state index in [0.29, 0.717) is 10.7 Å². The number of carbonyl (C=O) groups is 1. The van der Waals surface area contributed by atoms with Crippen LogP contribution in [0.4, 0.5) is 10.8 Å². The molecule has 0 saturated carbocycles. The van der Waals surface area contributed by atoms with E-state index in [1.54, 1.807) is 25.5 Å². The minimum Gasteiger partial charge on any atom is -0.387 e. The number of hydrogen-bond donors (Lipinski definition) is 2. The van der Waals surface area contributed by atoms with Crippen LogP contribution in [0, 0.1) is 6.92 Å². The first kappa shape index (κ1) is 13.5. The lowest BCUT2D eigenvalue weighted by atomic mass is 10.2. The monoisotopic (exact) mass is 276 g/mol. The highest BCUT2D eigenvalue weighted by Gasteiger charge is 2.14. The van der Waals surface area contributed by atoms with E-state index in [4.69, 9.17) is 0 Å². The molecule has 2 rings (SSSR count). The molecule has 2 N–H and O–H groups in total. The maximum Gasteiger partial charge on any atom is 0.261 e. The summed E-state index contributed by atoms with van der Waals surface area (Å²) in [6.45, 7) is 4.06. The number of nitrogens with one attached hydrogen (secondary N) is 2. The average molecular weight is 276 g/mol. The number of carbonyl (C=O) groups excluding carboxylic acids is 1. The van der Waals surface area contributed by atoms with Crippen molar-refractivity contribution < 1.29 is 4.79 Å². The summed E-state index contributed by atoms with van der Waals surface area (Å²) in [5.41, 5.74) is 2.28. The van der Waals surface area contributed by atoms with Gasteiger partial charge in [-0.25, -0.2) is 4.98 Å². The molecule has 0 fully saturated rings. The lowest BCUT2D eigenvalue weighted by Crippen LogP contribution is -2.14. The van der Waals surface area contributed by atoms with Crippen LogP contribution >= 0.6 is 11.3 Å². The van der Waals surface area contributed by atoms with Crippen LogP contribution in [0.3, 0.4) is 0 Å². The molecular formula is C13H16N4OS.